The number of benzene rings is 10. The average Bonchev–Trinajstić information content (AvgIpc) is 1.50. The van der Waals surface area contributed by atoms with Crippen molar-refractivity contribution in [2.24, 2.45) is 35.2 Å². The molecule has 0 aliphatic carbocycles. The Labute approximate surface area is 810 Å². The van der Waals surface area contributed by atoms with Crippen LogP contribution in [0.2, 0.25) is 0 Å². The van der Waals surface area contributed by atoms with Crippen molar-refractivity contribution < 1.29 is 22.8 Å². The van der Waals surface area contributed by atoms with Crippen LogP contribution in [0.4, 0.5) is 0 Å². The van der Waals surface area contributed by atoms with E-state index in [-0.39, 0.29) is 10.8 Å². The molecule has 688 valence electrons. The summed E-state index contributed by atoms with van der Waals surface area (Å²) < 4.78 is 33.9. The zero-order valence-corrected chi connectivity index (χ0v) is 84.3. The molecule has 0 N–H and O–H groups in total. The molecule has 13 heterocycles. The number of aromatic nitrogens is 15. The third-order valence-electron chi connectivity index (χ3n) is 29.4. The molecule has 12 aromatic heterocycles. The molecule has 0 atom stereocenters. The molecule has 1 aliphatic rings. The minimum absolute atomic E-state index is 0.0111. The molecule has 0 saturated heterocycles. The number of aryl methyl sites for hydroxylation is 20. The monoisotopic (exact) mass is 1810 g/mol. The first kappa shape index (κ1) is 91.3. The molecule has 1 aliphatic heterocycles. The molecule has 10 aromatic carbocycles. The van der Waals surface area contributed by atoms with Crippen LogP contribution in [0.5, 0.6) is 0 Å². The van der Waals surface area contributed by atoms with E-state index in [0.717, 1.165) is 17.0 Å². The van der Waals surface area contributed by atoms with Gasteiger partial charge in [0.2, 0.25) is 0 Å². The molecule has 0 radical (unpaired) electrons. The number of pyridine rings is 2. The predicted molar refractivity (Wildman–Crippen MR) is 563 cm³/mol. The number of rotatable bonds is 11. The Morgan fingerprint density at radius 1 is 0.290 bits per heavy atom. The van der Waals surface area contributed by atoms with Gasteiger partial charge in [0.1, 0.15) is 83.9 Å². The van der Waals surface area contributed by atoms with Crippen molar-refractivity contribution in [3.05, 3.63) is 424 Å². The van der Waals surface area contributed by atoms with Gasteiger partial charge in [-0.1, -0.05) is 107 Å². The van der Waals surface area contributed by atoms with Gasteiger partial charge < -0.3 is 22.8 Å². The van der Waals surface area contributed by atoms with Crippen LogP contribution in [0, 0.1) is 115 Å². The first-order valence-electron chi connectivity index (χ1n) is 47.9. The fourth-order valence-electron chi connectivity index (χ4n) is 21.9. The lowest BCUT2D eigenvalue weighted by molar-refractivity contribution is -0.659. The van der Waals surface area contributed by atoms with Crippen LogP contribution in [0.3, 0.4) is 0 Å². The zero-order valence-electron chi connectivity index (χ0n) is 84.3. The molecular formula is C122H125N16+5. The van der Waals surface area contributed by atoms with Crippen molar-refractivity contribution in [3.8, 4) is 85.7 Å². The summed E-state index contributed by atoms with van der Waals surface area (Å²) in [5.41, 5.74) is 40.7. The Kier molecular flexibility index (Phi) is 23.6. The second-order valence-electron chi connectivity index (χ2n) is 39.3. The summed E-state index contributed by atoms with van der Waals surface area (Å²) in [4.78, 5) is 0. The summed E-state index contributed by atoms with van der Waals surface area (Å²) >= 11 is 0. The largest absolute Gasteiger partial charge is 0.324 e. The van der Waals surface area contributed by atoms with Crippen LogP contribution in [-0.4, -0.2) is 45.3 Å². The molecule has 22 aromatic rings. The van der Waals surface area contributed by atoms with Gasteiger partial charge in [0.25, 0.3) is 28.8 Å². The third kappa shape index (κ3) is 15.6. The summed E-state index contributed by atoms with van der Waals surface area (Å²) in [5.74, 6) is 3.46. The van der Waals surface area contributed by atoms with Crippen molar-refractivity contribution in [2.45, 2.75) is 142 Å². The molecule has 0 spiro atoms. The fraction of sp³-hybridized carbons (Fsp3) is 0.213. The highest BCUT2D eigenvalue weighted by molar-refractivity contribution is 6.15. The lowest BCUT2D eigenvalue weighted by Crippen LogP contribution is -2.44. The predicted octanol–water partition coefficient (Wildman–Crippen LogP) is 25.1. The number of nitriles is 1. The van der Waals surface area contributed by atoms with E-state index in [4.69, 9.17) is 0 Å². The second-order valence-corrected chi connectivity index (χ2v) is 39.3. The van der Waals surface area contributed by atoms with E-state index >= 15 is 0 Å². The minimum atomic E-state index is -0.0137. The van der Waals surface area contributed by atoms with Crippen LogP contribution in [0.15, 0.2) is 323 Å². The standard InChI is InChI=1S/C27H28N3.C26H27N4.C25H28N3.C23H24N3.C21H18N3/c1-17-10-9-11-19-20-14-18(29-12-7-8-13-29)15-21-24(20)30-22(27(4,5)26(21,2)3)16-28(6)25(30)23(17)19;1-17-7-10-22(16-27)15-24(17)26-28(6)11-12-29(26)25-18(2)13-23(14-19(25)3)30-20(4)8-9-21(30)5;1-17-9-7-8-10-23(17)25-26(6)13-14-27(25)24-18(2)15-22(16-19(24)3)28-20(4)11-12-21(28)5;1-17-9-5-6-10-21(17)23-24(4)13-14-26(23)22-18(2)15-20(16-19(22)3)25-11-7-8-12-25;1-15-6-5-7-17-18-14-16(23-10-3-4-11-23)8-9-19(18)24-13-12-22(2)21(24)20(15)17/h7-16H,1-6H3;7-15H,1-6H3;7-16H,1-6H3;5-16H,1-4H3;3-14H,1-2H3/q5*+1. The molecule has 16 heteroatoms. The Balaban J connectivity index is 0.000000110. The maximum atomic E-state index is 9.39. The highest BCUT2D eigenvalue weighted by atomic mass is 15.2. The first-order chi connectivity index (χ1) is 66.2. The average molecular weight is 1820 g/mol. The van der Waals surface area contributed by atoms with Gasteiger partial charge in [0.05, 0.1) is 74.3 Å². The lowest BCUT2D eigenvalue weighted by Gasteiger charge is -2.43. The number of imidazole rings is 5. The van der Waals surface area contributed by atoms with Gasteiger partial charge in [0, 0.05) is 126 Å². The highest BCUT2D eigenvalue weighted by Gasteiger charge is 2.51. The number of hydrogen-bond donors (Lipinski definition) is 0. The Hall–Kier alpha value is -15.9. The van der Waals surface area contributed by atoms with Gasteiger partial charge in [-0.15, -0.1) is 0 Å². The quantitative estimate of drug-likeness (QED) is 0.0937. The van der Waals surface area contributed by atoms with Crippen LogP contribution < -0.4 is 22.8 Å². The number of nitrogens with zero attached hydrogens (tertiary/aromatic N) is 16. The first-order valence-corrected chi connectivity index (χ1v) is 47.9. The van der Waals surface area contributed by atoms with Crippen molar-refractivity contribution in [1.29, 1.82) is 5.26 Å². The van der Waals surface area contributed by atoms with Gasteiger partial charge in [-0.25, -0.2) is 22.8 Å². The Morgan fingerprint density at radius 2 is 0.674 bits per heavy atom. The topological polar surface area (TPSA) is 91.5 Å². The van der Waals surface area contributed by atoms with E-state index in [2.05, 4.69) is 546 Å². The summed E-state index contributed by atoms with van der Waals surface area (Å²) in [7, 11) is 10.6. The second kappa shape index (κ2) is 35.8. The summed E-state index contributed by atoms with van der Waals surface area (Å²) in [6.45, 7) is 42.2. The molecule has 0 saturated carbocycles. The van der Waals surface area contributed by atoms with Crippen molar-refractivity contribution in [3.63, 3.8) is 0 Å². The molecule has 0 unspecified atom stereocenters. The van der Waals surface area contributed by atoms with Gasteiger partial charge in [-0.05, 0) is 317 Å². The lowest BCUT2D eigenvalue weighted by atomic mass is 9.60. The molecule has 23 rings (SSSR count). The van der Waals surface area contributed by atoms with Crippen LogP contribution in [0.1, 0.15) is 128 Å². The minimum Gasteiger partial charge on any atom is -0.324 e. The highest BCUT2D eigenvalue weighted by Crippen LogP contribution is 2.52. The third-order valence-corrected chi connectivity index (χ3v) is 29.4. The van der Waals surface area contributed by atoms with Gasteiger partial charge in [-0.2, -0.15) is 27.8 Å². The van der Waals surface area contributed by atoms with Gasteiger partial charge in [-0.3, -0.25) is 0 Å². The fourth-order valence-corrected chi connectivity index (χ4v) is 21.9. The molecular weight excluding hydrogens is 1690 g/mol. The van der Waals surface area contributed by atoms with Crippen molar-refractivity contribution in [2.75, 3.05) is 0 Å². The molecule has 0 bridgehead atoms. The van der Waals surface area contributed by atoms with E-state index in [1.165, 1.54) is 213 Å². The van der Waals surface area contributed by atoms with E-state index in [0.29, 0.717) is 5.56 Å². The van der Waals surface area contributed by atoms with Crippen LogP contribution >= 0.6 is 0 Å². The maximum absolute atomic E-state index is 9.39. The summed E-state index contributed by atoms with van der Waals surface area (Å²) in [5, 5.41) is 17.3. The van der Waals surface area contributed by atoms with E-state index in [1.54, 1.807) is 0 Å². The maximum Gasteiger partial charge on any atom is 0.295 e. The van der Waals surface area contributed by atoms with Crippen molar-refractivity contribution >= 4 is 54.6 Å². The summed E-state index contributed by atoms with van der Waals surface area (Å²) in [6, 6.07) is 84.8. The Morgan fingerprint density at radius 3 is 1.12 bits per heavy atom. The van der Waals surface area contributed by atoms with Crippen LogP contribution in [0.25, 0.3) is 134 Å². The molecule has 138 heavy (non-hydrogen) atoms. The normalized spacial score (nSPS) is 12.5. The zero-order chi connectivity index (χ0) is 97.1. The van der Waals surface area contributed by atoms with Gasteiger partial charge >= 0.3 is 0 Å². The van der Waals surface area contributed by atoms with Crippen LogP contribution in [-0.2, 0) is 46.1 Å². The number of fused-ring (bicyclic) bond motifs is 9. The number of hydrogen-bond acceptors (Lipinski definition) is 1. The Bertz CT molecular complexity index is 8460. The summed E-state index contributed by atoms with van der Waals surface area (Å²) in [6.07, 6.45) is 32.0. The smallest absolute Gasteiger partial charge is 0.295 e. The van der Waals surface area contributed by atoms with E-state index in [9.17, 15) is 5.26 Å². The molecule has 16 nitrogen and oxygen atoms in total. The van der Waals surface area contributed by atoms with E-state index < -0.39 is 0 Å². The molecule has 0 amide bonds. The van der Waals surface area contributed by atoms with Gasteiger partial charge in [0.15, 0.2) is 5.69 Å². The molecule has 0 fully saturated rings. The SMILES string of the molecule is Cc1ccc(C#N)cc1-c1n(-c2c(C)cc(-n3c(C)ccc3C)cc2C)cc[n+]1C.Cc1cccc2c3cc(-n4cccc4)cc4c3n3c(c[n+](C)c3c12)C(C)(C)C4(C)C.Cc1cccc2c3cc(-n4cccc4)ccc3n3cc[n+](C)c3c12.Cc1ccccc1-c1n(-c2c(C)cc(-n3c(C)ccc3C)cc2C)cc[n+]1C.Cc1ccccc1-c1n(-c2c(C)cc(-n3cccc3)cc2C)cc[n+]1C. The van der Waals surface area contributed by atoms with E-state index in [1.807, 2.05) is 18.2 Å². The van der Waals surface area contributed by atoms with Crippen molar-refractivity contribution in [1.82, 2.24) is 45.3 Å².